The van der Waals surface area contributed by atoms with E-state index >= 15 is 0 Å². The van der Waals surface area contributed by atoms with Crippen molar-refractivity contribution in [1.29, 1.82) is 0 Å². The van der Waals surface area contributed by atoms with Gasteiger partial charge in [0.25, 0.3) is 0 Å². The van der Waals surface area contributed by atoms with E-state index in [1.54, 1.807) is 0 Å². The number of rotatable bonds is 2. The number of ether oxygens (including phenoxy) is 1. The highest BCUT2D eigenvalue weighted by Gasteiger charge is 2.75. The second-order valence-electron chi connectivity index (χ2n) is 3.28. The molecule has 1 fully saturated rings. The molecule has 9 heteroatoms. The Bertz CT molecular complexity index is 246. The summed E-state index contributed by atoms with van der Waals surface area (Å²) < 4.78 is 90.8. The van der Waals surface area contributed by atoms with Crippen LogP contribution in [-0.4, -0.2) is 43.8 Å². The Balaban J connectivity index is 2.90. The van der Waals surface area contributed by atoms with Gasteiger partial charge in [-0.3, -0.25) is 0 Å². The fraction of sp³-hybridized carbons (Fsp3) is 1.00. The van der Waals surface area contributed by atoms with Gasteiger partial charge in [0.2, 0.25) is 0 Å². The molecule has 1 aliphatic rings. The zero-order chi connectivity index (χ0) is 12.6. The highest BCUT2D eigenvalue weighted by molar-refractivity contribution is 4.99. The van der Waals surface area contributed by atoms with Gasteiger partial charge in [-0.05, 0) is 0 Å². The highest BCUT2D eigenvalue weighted by Crippen LogP contribution is 2.48. The first kappa shape index (κ1) is 13.5. The molecule has 1 rings (SSSR count). The van der Waals surface area contributed by atoms with Crippen molar-refractivity contribution in [2.24, 2.45) is 0 Å². The molecule has 1 heterocycles. The normalized spacial score (nSPS) is 24.6. The molecule has 0 amide bonds. The van der Waals surface area contributed by atoms with Crippen LogP contribution in [0.25, 0.3) is 0 Å². The summed E-state index contributed by atoms with van der Waals surface area (Å²) in [5.74, 6) is -11.3. The Morgan fingerprint density at radius 1 is 1.00 bits per heavy atom. The van der Waals surface area contributed by atoms with Crippen LogP contribution in [0.2, 0.25) is 0 Å². The standard InChI is InChI=1S/C7H8F7NO/c8-5(9,4-3-16-2-1-15-4)6(10,11)7(12,13)14/h4,15H,1-3H2/t4-/m0/s1. The molecule has 0 radical (unpaired) electrons. The van der Waals surface area contributed by atoms with Gasteiger partial charge in [0.1, 0.15) is 6.04 Å². The van der Waals surface area contributed by atoms with Gasteiger partial charge in [0.15, 0.2) is 0 Å². The van der Waals surface area contributed by atoms with Crippen molar-refractivity contribution < 1.29 is 35.5 Å². The average molecular weight is 255 g/mol. The van der Waals surface area contributed by atoms with Crippen molar-refractivity contribution in [1.82, 2.24) is 5.32 Å². The van der Waals surface area contributed by atoms with Gasteiger partial charge in [-0.25, -0.2) is 0 Å². The maximum atomic E-state index is 13.0. The van der Waals surface area contributed by atoms with Gasteiger partial charge in [-0.1, -0.05) is 0 Å². The molecule has 2 nitrogen and oxygen atoms in total. The predicted octanol–water partition coefficient (Wildman–Crippen LogP) is 1.81. The van der Waals surface area contributed by atoms with Gasteiger partial charge >= 0.3 is 18.0 Å². The molecule has 0 aromatic heterocycles. The van der Waals surface area contributed by atoms with Gasteiger partial charge in [-0.15, -0.1) is 0 Å². The molecule has 1 atom stereocenters. The average Bonchev–Trinajstić information content (AvgIpc) is 2.17. The van der Waals surface area contributed by atoms with Crippen LogP contribution in [0.5, 0.6) is 0 Å². The minimum Gasteiger partial charge on any atom is -0.378 e. The van der Waals surface area contributed by atoms with Crippen LogP contribution in [0.1, 0.15) is 0 Å². The largest absolute Gasteiger partial charge is 0.459 e. The summed E-state index contributed by atoms with van der Waals surface area (Å²) in [6, 6.07) is -2.35. The zero-order valence-electron chi connectivity index (χ0n) is 7.75. The van der Waals surface area contributed by atoms with E-state index in [2.05, 4.69) is 4.74 Å². The number of halogens is 7. The van der Waals surface area contributed by atoms with Gasteiger partial charge in [-0.2, -0.15) is 30.7 Å². The van der Waals surface area contributed by atoms with E-state index in [0.29, 0.717) is 0 Å². The second-order valence-corrected chi connectivity index (χ2v) is 3.28. The van der Waals surface area contributed by atoms with Crippen LogP contribution >= 0.6 is 0 Å². The lowest BCUT2D eigenvalue weighted by Gasteiger charge is -2.36. The molecule has 0 saturated carbocycles. The summed E-state index contributed by atoms with van der Waals surface area (Å²) >= 11 is 0. The third-order valence-corrected chi connectivity index (χ3v) is 2.13. The molecule has 1 N–H and O–H groups in total. The van der Waals surface area contributed by atoms with Crippen LogP contribution < -0.4 is 5.32 Å². The van der Waals surface area contributed by atoms with E-state index in [9.17, 15) is 30.7 Å². The Morgan fingerprint density at radius 3 is 1.94 bits per heavy atom. The number of hydrogen-bond donors (Lipinski definition) is 1. The van der Waals surface area contributed by atoms with E-state index in [-0.39, 0.29) is 13.2 Å². The highest BCUT2D eigenvalue weighted by atomic mass is 19.4. The molecule has 0 bridgehead atoms. The molecule has 1 aliphatic heterocycles. The summed E-state index contributed by atoms with van der Waals surface area (Å²) in [4.78, 5) is 0. The molecule has 0 aliphatic carbocycles. The summed E-state index contributed by atoms with van der Waals surface area (Å²) in [7, 11) is 0. The first-order valence-corrected chi connectivity index (χ1v) is 4.24. The van der Waals surface area contributed by atoms with Crippen LogP contribution in [-0.2, 0) is 4.74 Å². The molecule has 0 aromatic carbocycles. The summed E-state index contributed by atoms with van der Waals surface area (Å²) in [5, 5.41) is 1.88. The van der Waals surface area contributed by atoms with Gasteiger partial charge < -0.3 is 10.1 Å². The van der Waals surface area contributed by atoms with Crippen LogP contribution in [0.15, 0.2) is 0 Å². The number of morpholine rings is 1. The first-order valence-electron chi connectivity index (χ1n) is 4.24. The van der Waals surface area contributed by atoms with Gasteiger partial charge in [0.05, 0.1) is 13.2 Å². The van der Waals surface area contributed by atoms with E-state index in [0.717, 1.165) is 0 Å². The van der Waals surface area contributed by atoms with Gasteiger partial charge in [0, 0.05) is 6.54 Å². The van der Waals surface area contributed by atoms with Crippen molar-refractivity contribution >= 4 is 0 Å². The first-order chi connectivity index (χ1) is 7.11. The lowest BCUT2D eigenvalue weighted by molar-refractivity contribution is -0.362. The summed E-state index contributed by atoms with van der Waals surface area (Å²) in [5.41, 5.74) is 0. The lowest BCUT2D eigenvalue weighted by atomic mass is 10.0. The maximum absolute atomic E-state index is 13.0. The van der Waals surface area contributed by atoms with Crippen LogP contribution in [0, 0.1) is 0 Å². The van der Waals surface area contributed by atoms with Crippen molar-refractivity contribution in [2.45, 2.75) is 24.1 Å². The molecule has 0 spiro atoms. The van der Waals surface area contributed by atoms with Crippen molar-refractivity contribution in [2.75, 3.05) is 19.8 Å². The number of alkyl halides is 7. The Morgan fingerprint density at radius 2 is 1.56 bits per heavy atom. The molecule has 0 aromatic rings. The fourth-order valence-electron chi connectivity index (χ4n) is 1.21. The SMILES string of the molecule is FC(F)(F)C(F)(F)C(F)(F)[C@@H]1COCCN1. The molecular formula is C7H8F7NO. The van der Waals surface area contributed by atoms with Crippen LogP contribution in [0.4, 0.5) is 30.7 Å². The monoisotopic (exact) mass is 255 g/mol. The van der Waals surface area contributed by atoms with E-state index in [1.165, 1.54) is 0 Å². The van der Waals surface area contributed by atoms with Crippen molar-refractivity contribution in [3.05, 3.63) is 0 Å². The summed E-state index contributed by atoms with van der Waals surface area (Å²) in [6.07, 6.45) is -6.30. The number of hydrogen-bond acceptors (Lipinski definition) is 2. The molecule has 16 heavy (non-hydrogen) atoms. The van der Waals surface area contributed by atoms with Crippen molar-refractivity contribution in [3.8, 4) is 0 Å². The Labute approximate surface area is 85.7 Å². The molecular weight excluding hydrogens is 247 g/mol. The van der Waals surface area contributed by atoms with Crippen LogP contribution in [0.3, 0.4) is 0 Å². The number of nitrogens with one attached hydrogen (secondary N) is 1. The predicted molar refractivity (Wildman–Crippen MR) is 38.6 cm³/mol. The minimum atomic E-state index is -6.30. The van der Waals surface area contributed by atoms with E-state index < -0.39 is 30.7 Å². The topological polar surface area (TPSA) is 21.3 Å². The smallest absolute Gasteiger partial charge is 0.378 e. The molecule has 96 valence electrons. The maximum Gasteiger partial charge on any atom is 0.459 e. The summed E-state index contributed by atoms with van der Waals surface area (Å²) in [6.45, 7) is -1.10. The quantitative estimate of drug-likeness (QED) is 0.760. The Hall–Kier alpha value is -0.570. The molecule has 1 saturated heterocycles. The third kappa shape index (κ3) is 2.10. The zero-order valence-corrected chi connectivity index (χ0v) is 7.75. The van der Waals surface area contributed by atoms with E-state index in [1.807, 2.05) is 5.32 Å². The fourth-order valence-corrected chi connectivity index (χ4v) is 1.21. The molecule has 0 unspecified atom stereocenters. The Kier molecular flexibility index (Phi) is 3.39. The second kappa shape index (κ2) is 4.02. The third-order valence-electron chi connectivity index (χ3n) is 2.13. The van der Waals surface area contributed by atoms with E-state index in [4.69, 9.17) is 0 Å². The minimum absolute atomic E-state index is 0.00975. The van der Waals surface area contributed by atoms with Crippen molar-refractivity contribution in [3.63, 3.8) is 0 Å². The lowest BCUT2D eigenvalue weighted by Crippen LogP contribution is -2.64.